The molecule has 0 saturated carbocycles. The number of H-pyrrole nitrogens is 1. The first kappa shape index (κ1) is 15.7. The normalized spacial score (nSPS) is 12.9. The smallest absolute Gasteiger partial charge is 0.323 e. The van der Waals surface area contributed by atoms with Crippen molar-refractivity contribution in [1.82, 2.24) is 14.8 Å². The first-order valence-corrected chi connectivity index (χ1v) is 7.39. The first-order valence-electron chi connectivity index (χ1n) is 6.40. The molecule has 3 N–H and O–H groups in total. The van der Waals surface area contributed by atoms with Gasteiger partial charge >= 0.3 is 5.69 Å². The molecule has 0 aliphatic rings. The largest absolute Gasteiger partial charge is 0.344 e. The third-order valence-electron chi connectivity index (χ3n) is 2.94. The number of aromatic amines is 1. The number of hydrogen-bond donors (Lipinski definition) is 2. The molecule has 0 radical (unpaired) electrons. The van der Waals surface area contributed by atoms with Crippen LogP contribution in [-0.2, 0) is 0 Å². The van der Waals surface area contributed by atoms with Gasteiger partial charge in [-0.25, -0.2) is 18.7 Å². The van der Waals surface area contributed by atoms with Crippen molar-refractivity contribution in [2.75, 3.05) is 5.75 Å². The van der Waals surface area contributed by atoms with Gasteiger partial charge in [0, 0.05) is 29.5 Å². The van der Waals surface area contributed by atoms with Crippen LogP contribution >= 0.6 is 11.8 Å². The average molecular weight is 314 g/mol. The molecule has 1 heterocycles. The van der Waals surface area contributed by atoms with Crippen molar-refractivity contribution in [3.8, 4) is 0 Å². The minimum atomic E-state index is -0.675. The van der Waals surface area contributed by atoms with Gasteiger partial charge in [0.25, 0.3) is 0 Å². The van der Waals surface area contributed by atoms with Gasteiger partial charge in [-0.05, 0) is 19.9 Å². The second kappa shape index (κ2) is 6.40. The number of nitrogens with one attached hydrogen (secondary N) is 1. The minimum absolute atomic E-state index is 0.0440. The number of nitrogens with zero attached hydrogens (tertiary/aromatic N) is 2. The third-order valence-corrected chi connectivity index (χ3v) is 4.01. The van der Waals surface area contributed by atoms with E-state index in [1.165, 1.54) is 28.5 Å². The Labute approximate surface area is 124 Å². The van der Waals surface area contributed by atoms with Gasteiger partial charge in [0.1, 0.15) is 11.6 Å². The zero-order valence-electron chi connectivity index (χ0n) is 11.6. The highest BCUT2D eigenvalue weighted by Crippen LogP contribution is 2.24. The van der Waals surface area contributed by atoms with Crippen molar-refractivity contribution >= 4 is 11.8 Å². The first-order chi connectivity index (χ1) is 9.90. The molecular weight excluding hydrogens is 298 g/mol. The van der Waals surface area contributed by atoms with Crippen LogP contribution in [0.4, 0.5) is 8.78 Å². The van der Waals surface area contributed by atoms with Crippen molar-refractivity contribution < 1.29 is 8.78 Å². The van der Waals surface area contributed by atoms with Gasteiger partial charge in [-0.3, -0.25) is 4.57 Å². The van der Waals surface area contributed by atoms with Gasteiger partial charge in [0.15, 0.2) is 5.16 Å². The fourth-order valence-corrected chi connectivity index (χ4v) is 2.95. The highest BCUT2D eigenvalue weighted by atomic mass is 32.2. The summed E-state index contributed by atoms with van der Waals surface area (Å²) < 4.78 is 28.0. The van der Waals surface area contributed by atoms with Crippen LogP contribution in [0.2, 0.25) is 0 Å². The maximum atomic E-state index is 13.6. The summed E-state index contributed by atoms with van der Waals surface area (Å²) in [5.74, 6) is -0.997. The zero-order chi connectivity index (χ0) is 15.6. The number of benzene rings is 1. The summed E-state index contributed by atoms with van der Waals surface area (Å²) in [5, 5.41) is 6.78. The van der Waals surface area contributed by atoms with Crippen molar-refractivity contribution in [3.63, 3.8) is 0 Å². The maximum absolute atomic E-state index is 13.6. The van der Waals surface area contributed by atoms with Crippen LogP contribution in [-0.4, -0.2) is 20.5 Å². The third kappa shape index (κ3) is 3.51. The molecule has 1 atom stereocenters. The Kier molecular flexibility index (Phi) is 4.79. The maximum Gasteiger partial charge on any atom is 0.344 e. The Morgan fingerprint density at radius 1 is 1.43 bits per heavy atom. The molecule has 0 amide bonds. The Morgan fingerprint density at radius 2 is 2.14 bits per heavy atom. The number of nitrogens with two attached hydrogens (primary N) is 1. The second-order valence-corrected chi connectivity index (χ2v) is 5.85. The number of hydrogen-bond acceptors (Lipinski definition) is 4. The van der Waals surface area contributed by atoms with E-state index in [9.17, 15) is 13.6 Å². The zero-order valence-corrected chi connectivity index (χ0v) is 12.5. The lowest BCUT2D eigenvalue weighted by atomic mass is 10.1. The molecule has 2 rings (SSSR count). The van der Waals surface area contributed by atoms with Crippen molar-refractivity contribution in [2.24, 2.45) is 5.73 Å². The van der Waals surface area contributed by atoms with Crippen molar-refractivity contribution in [2.45, 2.75) is 31.1 Å². The summed E-state index contributed by atoms with van der Waals surface area (Å²) in [4.78, 5) is 11.6. The molecule has 1 aromatic carbocycles. The van der Waals surface area contributed by atoms with Gasteiger partial charge in [-0.1, -0.05) is 17.8 Å². The van der Waals surface area contributed by atoms with E-state index in [1.54, 1.807) is 0 Å². The summed E-state index contributed by atoms with van der Waals surface area (Å²) in [7, 11) is 0. The van der Waals surface area contributed by atoms with E-state index in [0.717, 1.165) is 6.07 Å². The molecule has 0 bridgehead atoms. The van der Waals surface area contributed by atoms with E-state index in [-0.39, 0.29) is 17.3 Å². The number of halogens is 2. The molecule has 1 aromatic heterocycles. The summed E-state index contributed by atoms with van der Waals surface area (Å²) in [6.45, 7) is 3.72. The molecule has 0 fully saturated rings. The summed E-state index contributed by atoms with van der Waals surface area (Å²) >= 11 is 1.25. The monoisotopic (exact) mass is 314 g/mol. The fraction of sp³-hybridized carbons (Fsp3) is 0.385. The van der Waals surface area contributed by atoms with Crippen LogP contribution in [0.25, 0.3) is 0 Å². The summed E-state index contributed by atoms with van der Waals surface area (Å²) in [5.41, 5.74) is 5.86. The fourth-order valence-electron chi connectivity index (χ4n) is 1.90. The SMILES string of the molecule is CC(C)n1c(SCC(N)c2ccc(F)cc2F)n[nH]c1=O. The number of thioether (sulfide) groups is 1. The quantitative estimate of drug-likeness (QED) is 0.830. The molecule has 2 aromatic rings. The molecule has 0 aliphatic carbocycles. The minimum Gasteiger partial charge on any atom is -0.323 e. The molecule has 8 heteroatoms. The Balaban J connectivity index is 2.11. The summed E-state index contributed by atoms with van der Waals surface area (Å²) in [6.07, 6.45) is 0. The topological polar surface area (TPSA) is 76.7 Å². The standard InChI is InChI=1S/C13H16F2N4OS/c1-7(2)19-12(20)17-18-13(19)21-6-11(16)9-4-3-8(14)5-10(9)15/h3-5,7,11H,6,16H2,1-2H3,(H,17,20). The Bertz CT molecular complexity index is 683. The van der Waals surface area contributed by atoms with E-state index in [1.807, 2.05) is 13.8 Å². The Hall–Kier alpha value is -1.67. The van der Waals surface area contributed by atoms with Crippen molar-refractivity contribution in [3.05, 3.63) is 45.9 Å². The Morgan fingerprint density at radius 3 is 2.76 bits per heavy atom. The van der Waals surface area contributed by atoms with Crippen LogP contribution in [0.5, 0.6) is 0 Å². The molecular formula is C13H16F2N4OS. The van der Waals surface area contributed by atoms with Crippen LogP contribution in [0.1, 0.15) is 31.5 Å². The van der Waals surface area contributed by atoms with Crippen molar-refractivity contribution in [1.29, 1.82) is 0 Å². The van der Waals surface area contributed by atoms with E-state index in [0.29, 0.717) is 10.9 Å². The second-order valence-electron chi connectivity index (χ2n) is 4.86. The highest BCUT2D eigenvalue weighted by Gasteiger charge is 2.16. The van der Waals surface area contributed by atoms with E-state index in [2.05, 4.69) is 10.2 Å². The molecule has 0 saturated heterocycles. The van der Waals surface area contributed by atoms with Crippen LogP contribution in [0, 0.1) is 11.6 Å². The lowest BCUT2D eigenvalue weighted by Crippen LogP contribution is -2.20. The van der Waals surface area contributed by atoms with Gasteiger partial charge in [0.2, 0.25) is 0 Å². The van der Waals surface area contributed by atoms with Gasteiger partial charge in [-0.2, -0.15) is 0 Å². The van der Waals surface area contributed by atoms with E-state index in [4.69, 9.17) is 5.73 Å². The van der Waals surface area contributed by atoms with E-state index < -0.39 is 17.7 Å². The molecule has 114 valence electrons. The number of rotatable bonds is 5. The van der Waals surface area contributed by atoms with Gasteiger partial charge < -0.3 is 5.73 Å². The van der Waals surface area contributed by atoms with Gasteiger partial charge in [0.05, 0.1) is 0 Å². The molecule has 0 aliphatic heterocycles. The lowest BCUT2D eigenvalue weighted by molar-refractivity contribution is 0.533. The van der Waals surface area contributed by atoms with Crippen LogP contribution in [0.3, 0.4) is 0 Å². The average Bonchev–Trinajstić information content (AvgIpc) is 2.77. The van der Waals surface area contributed by atoms with Crippen LogP contribution < -0.4 is 11.4 Å². The highest BCUT2D eigenvalue weighted by molar-refractivity contribution is 7.99. The van der Waals surface area contributed by atoms with Gasteiger partial charge in [-0.15, -0.1) is 5.10 Å². The molecule has 21 heavy (non-hydrogen) atoms. The van der Waals surface area contributed by atoms with E-state index >= 15 is 0 Å². The number of aromatic nitrogens is 3. The molecule has 1 unspecified atom stereocenters. The summed E-state index contributed by atoms with van der Waals surface area (Å²) in [6, 6.07) is 2.64. The lowest BCUT2D eigenvalue weighted by Gasteiger charge is -2.13. The predicted octanol–water partition coefficient (Wildman–Crippen LogP) is 2.22. The molecule has 5 nitrogen and oxygen atoms in total. The molecule has 0 spiro atoms. The predicted molar refractivity (Wildman–Crippen MR) is 77.2 cm³/mol. The van der Waals surface area contributed by atoms with Crippen LogP contribution in [0.15, 0.2) is 28.2 Å².